The van der Waals surface area contributed by atoms with Gasteiger partial charge >= 0.3 is 12.2 Å². The van der Waals surface area contributed by atoms with Gasteiger partial charge in [0, 0.05) is 48.0 Å². The molecule has 12 heteroatoms. The number of aromatic nitrogens is 1. The topological polar surface area (TPSA) is 77.6 Å². The Morgan fingerprint density at radius 1 is 1.03 bits per heavy atom. The molecule has 1 saturated heterocycles. The van der Waals surface area contributed by atoms with Crippen LogP contribution in [0.25, 0.3) is 0 Å². The van der Waals surface area contributed by atoms with Crippen molar-refractivity contribution in [3.63, 3.8) is 0 Å². The number of thiazole rings is 1. The molecule has 1 fully saturated rings. The van der Waals surface area contributed by atoms with Crippen LogP contribution in [0.15, 0.2) is 53.9 Å². The van der Waals surface area contributed by atoms with E-state index in [1.807, 2.05) is 4.90 Å². The number of piperazine rings is 1. The summed E-state index contributed by atoms with van der Waals surface area (Å²) in [6, 6.07) is 11.4. The number of carbonyl (C=O) groups is 2. The molecule has 2 aromatic carbocycles. The first kappa shape index (κ1) is 24.8. The molecule has 7 nitrogen and oxygen atoms in total. The second-order valence-corrected chi connectivity index (χ2v) is 9.12. The number of halogens is 4. The smallest absolute Gasteiger partial charge is 0.368 e. The van der Waals surface area contributed by atoms with Crippen molar-refractivity contribution >= 4 is 51.4 Å². The number of hydrogen-bond acceptors (Lipinski definition) is 5. The van der Waals surface area contributed by atoms with Gasteiger partial charge in [-0.1, -0.05) is 17.7 Å². The number of nitrogens with one attached hydrogen (secondary N) is 2. The summed E-state index contributed by atoms with van der Waals surface area (Å²) < 4.78 is 39.0. The molecule has 2 heterocycles. The summed E-state index contributed by atoms with van der Waals surface area (Å²) in [5.74, 6) is -0.129. The Bertz CT molecular complexity index is 1190. The molecular weight excluding hydrogens is 503 g/mol. The monoisotopic (exact) mass is 523 g/mol. The van der Waals surface area contributed by atoms with Gasteiger partial charge in [-0.25, -0.2) is 9.78 Å². The summed E-state index contributed by atoms with van der Waals surface area (Å²) in [4.78, 5) is 32.7. The van der Waals surface area contributed by atoms with Crippen molar-refractivity contribution in [1.82, 2.24) is 9.88 Å². The highest BCUT2D eigenvalue weighted by Gasteiger charge is 2.31. The van der Waals surface area contributed by atoms with Crippen LogP contribution in [0.3, 0.4) is 0 Å². The van der Waals surface area contributed by atoms with Crippen LogP contribution in [-0.2, 0) is 17.4 Å². The van der Waals surface area contributed by atoms with E-state index in [0.717, 1.165) is 12.1 Å². The minimum atomic E-state index is -4.40. The molecule has 184 valence electrons. The van der Waals surface area contributed by atoms with Crippen LogP contribution < -0.4 is 15.5 Å². The van der Waals surface area contributed by atoms with Crippen molar-refractivity contribution in [3.8, 4) is 0 Å². The first-order valence-electron chi connectivity index (χ1n) is 10.7. The van der Waals surface area contributed by atoms with Crippen molar-refractivity contribution in [3.05, 3.63) is 70.2 Å². The Morgan fingerprint density at radius 3 is 2.43 bits per heavy atom. The van der Waals surface area contributed by atoms with E-state index in [2.05, 4.69) is 15.6 Å². The summed E-state index contributed by atoms with van der Waals surface area (Å²) in [7, 11) is 0. The first-order valence-corrected chi connectivity index (χ1v) is 11.9. The molecule has 0 bridgehead atoms. The fraction of sp³-hybridized carbons (Fsp3) is 0.261. The van der Waals surface area contributed by atoms with Gasteiger partial charge in [0.1, 0.15) is 0 Å². The van der Waals surface area contributed by atoms with E-state index in [-0.39, 0.29) is 12.3 Å². The van der Waals surface area contributed by atoms with Crippen LogP contribution in [0.1, 0.15) is 11.3 Å². The third-order valence-electron chi connectivity index (χ3n) is 5.38. The van der Waals surface area contributed by atoms with Gasteiger partial charge in [-0.3, -0.25) is 10.1 Å². The zero-order chi connectivity index (χ0) is 25.0. The Balaban J connectivity index is 1.26. The van der Waals surface area contributed by atoms with Crippen LogP contribution in [0.2, 0.25) is 5.02 Å². The van der Waals surface area contributed by atoms with Gasteiger partial charge in [0.15, 0.2) is 5.13 Å². The van der Waals surface area contributed by atoms with Gasteiger partial charge in [0.2, 0.25) is 5.91 Å². The van der Waals surface area contributed by atoms with Gasteiger partial charge in [-0.15, -0.1) is 11.3 Å². The lowest BCUT2D eigenvalue weighted by Gasteiger charge is -2.36. The van der Waals surface area contributed by atoms with Gasteiger partial charge in [0.05, 0.1) is 17.7 Å². The van der Waals surface area contributed by atoms with Crippen molar-refractivity contribution in [1.29, 1.82) is 0 Å². The second-order valence-electron chi connectivity index (χ2n) is 7.82. The van der Waals surface area contributed by atoms with E-state index in [1.54, 1.807) is 40.6 Å². The quantitative estimate of drug-likeness (QED) is 0.472. The molecule has 2 N–H and O–H groups in total. The van der Waals surface area contributed by atoms with Gasteiger partial charge < -0.3 is 15.1 Å². The average molecular weight is 524 g/mol. The van der Waals surface area contributed by atoms with Crippen molar-refractivity contribution in [2.45, 2.75) is 12.6 Å². The Kier molecular flexibility index (Phi) is 7.46. The summed E-state index contributed by atoms with van der Waals surface area (Å²) in [5, 5.41) is 7.91. The fourth-order valence-electron chi connectivity index (χ4n) is 3.60. The maximum atomic E-state index is 13.0. The molecule has 1 aliphatic heterocycles. The standard InChI is InChI=1S/C23H21ClF3N5O2S/c24-16-4-6-17(7-5-16)28-21(34)30-22-29-18(14-35-22)13-20(33)32-10-8-31(9-11-32)19-3-1-2-15(12-19)23(25,26)27/h1-7,12,14H,8-11,13H2,(H2,28,29,30,34). The molecule has 0 radical (unpaired) electrons. The lowest BCUT2D eigenvalue weighted by atomic mass is 10.1. The largest absolute Gasteiger partial charge is 0.416 e. The van der Waals surface area contributed by atoms with E-state index >= 15 is 0 Å². The second kappa shape index (κ2) is 10.5. The molecule has 0 atom stereocenters. The highest BCUT2D eigenvalue weighted by Crippen LogP contribution is 2.32. The zero-order valence-corrected chi connectivity index (χ0v) is 19.9. The molecule has 3 aromatic rings. The van der Waals surface area contributed by atoms with Crippen LogP contribution in [0.5, 0.6) is 0 Å². The number of rotatable bonds is 5. The molecular formula is C23H21ClF3N5O2S. The molecule has 35 heavy (non-hydrogen) atoms. The predicted octanol–water partition coefficient (Wildman–Crippen LogP) is 5.35. The third-order valence-corrected chi connectivity index (χ3v) is 6.44. The van der Waals surface area contributed by atoms with E-state index in [1.165, 1.54) is 17.4 Å². The van der Waals surface area contributed by atoms with E-state index in [4.69, 9.17) is 11.6 Å². The predicted molar refractivity (Wildman–Crippen MR) is 130 cm³/mol. The number of hydrogen-bond donors (Lipinski definition) is 2. The lowest BCUT2D eigenvalue weighted by Crippen LogP contribution is -2.49. The molecule has 4 rings (SSSR count). The molecule has 1 aromatic heterocycles. The number of amides is 3. The van der Waals surface area contributed by atoms with Crippen LogP contribution in [-0.4, -0.2) is 48.0 Å². The Morgan fingerprint density at radius 2 is 1.74 bits per heavy atom. The van der Waals surface area contributed by atoms with E-state index in [9.17, 15) is 22.8 Å². The highest BCUT2D eigenvalue weighted by atomic mass is 35.5. The number of urea groups is 1. The van der Waals surface area contributed by atoms with Crippen LogP contribution >= 0.6 is 22.9 Å². The Labute approximate surface area is 208 Å². The molecule has 0 aliphatic carbocycles. The number of alkyl halides is 3. The van der Waals surface area contributed by atoms with Crippen LogP contribution in [0.4, 0.5) is 34.5 Å². The maximum Gasteiger partial charge on any atom is 0.416 e. The average Bonchev–Trinajstić information content (AvgIpc) is 3.26. The maximum absolute atomic E-state index is 13.0. The fourth-order valence-corrected chi connectivity index (χ4v) is 4.43. The Hall–Kier alpha value is -3.31. The first-order chi connectivity index (χ1) is 16.7. The molecule has 0 unspecified atom stereocenters. The number of anilines is 3. The van der Waals surface area contributed by atoms with Gasteiger partial charge in [-0.2, -0.15) is 13.2 Å². The SMILES string of the molecule is O=C(Nc1ccc(Cl)cc1)Nc1nc(CC(=O)N2CCN(c3cccc(C(F)(F)F)c3)CC2)cs1. The lowest BCUT2D eigenvalue weighted by molar-refractivity contribution is -0.137. The number of nitrogens with zero attached hydrogens (tertiary/aromatic N) is 3. The van der Waals surface area contributed by atoms with E-state index < -0.39 is 17.8 Å². The molecule has 1 aliphatic rings. The summed E-state index contributed by atoms with van der Waals surface area (Å²) in [5.41, 5.74) is 0.896. The zero-order valence-electron chi connectivity index (χ0n) is 18.3. The van der Waals surface area contributed by atoms with Gasteiger partial charge in [0.25, 0.3) is 0 Å². The number of benzene rings is 2. The summed E-state index contributed by atoms with van der Waals surface area (Å²) in [6.45, 7) is 1.66. The molecule has 0 spiro atoms. The van der Waals surface area contributed by atoms with Crippen LogP contribution in [0, 0.1) is 0 Å². The number of carbonyl (C=O) groups excluding carboxylic acids is 2. The van der Waals surface area contributed by atoms with Crippen molar-refractivity contribution in [2.75, 3.05) is 41.7 Å². The molecule has 0 saturated carbocycles. The van der Waals surface area contributed by atoms with E-state index in [0.29, 0.717) is 53.4 Å². The minimum absolute atomic E-state index is 0.0700. The minimum Gasteiger partial charge on any atom is -0.368 e. The van der Waals surface area contributed by atoms with Gasteiger partial charge in [-0.05, 0) is 42.5 Å². The van der Waals surface area contributed by atoms with Crippen molar-refractivity contribution in [2.24, 2.45) is 0 Å². The third kappa shape index (κ3) is 6.64. The summed E-state index contributed by atoms with van der Waals surface area (Å²) >= 11 is 7.03. The summed E-state index contributed by atoms with van der Waals surface area (Å²) in [6.07, 6.45) is -4.33. The normalized spacial score (nSPS) is 14.1. The molecule has 3 amide bonds. The van der Waals surface area contributed by atoms with Crippen molar-refractivity contribution < 1.29 is 22.8 Å². The highest BCUT2D eigenvalue weighted by molar-refractivity contribution is 7.14.